The van der Waals surface area contributed by atoms with E-state index in [0.29, 0.717) is 0 Å². The zero-order valence-electron chi connectivity index (χ0n) is 21.6. The second-order valence-electron chi connectivity index (χ2n) is 9.12. The van der Waals surface area contributed by atoms with Crippen molar-refractivity contribution in [3.8, 4) is 11.5 Å². The lowest BCUT2D eigenvalue weighted by Crippen LogP contribution is -2.44. The van der Waals surface area contributed by atoms with Gasteiger partial charge in [0.1, 0.15) is 34.9 Å². The van der Waals surface area contributed by atoms with Gasteiger partial charge in [0.15, 0.2) is 0 Å². The molecule has 41 heavy (non-hydrogen) atoms. The Morgan fingerprint density at radius 2 is 1.68 bits per heavy atom. The largest absolute Gasteiger partial charge is 0.573 e. The molecule has 218 valence electrons. The van der Waals surface area contributed by atoms with Crippen LogP contribution in [0.4, 0.5) is 27.6 Å². The van der Waals surface area contributed by atoms with Crippen LogP contribution in [0.15, 0.2) is 59.5 Å². The molecule has 1 aliphatic rings. The van der Waals surface area contributed by atoms with Crippen LogP contribution < -0.4 is 25.2 Å². The van der Waals surface area contributed by atoms with E-state index in [1.165, 1.54) is 32.4 Å². The summed E-state index contributed by atoms with van der Waals surface area (Å²) >= 11 is 0. The Hall–Kier alpha value is -4.46. The first-order valence-corrected chi connectivity index (χ1v) is 12.2. The molecule has 2 N–H and O–H groups in total. The van der Waals surface area contributed by atoms with E-state index in [4.69, 9.17) is 4.74 Å². The third-order valence-corrected chi connectivity index (χ3v) is 6.65. The fraction of sp³-hybridized carbons (Fsp3) is 0.296. The number of hydrogen-bond acceptors (Lipinski definition) is 6. The Morgan fingerprint density at radius 3 is 2.24 bits per heavy atom. The van der Waals surface area contributed by atoms with Crippen LogP contribution >= 0.6 is 0 Å². The summed E-state index contributed by atoms with van der Waals surface area (Å²) in [5, 5.41) is 11.7. The summed E-state index contributed by atoms with van der Waals surface area (Å²) in [5.74, 6) is -5.99. The number of pyridine rings is 1. The Bertz CT molecular complexity index is 1490. The van der Waals surface area contributed by atoms with Crippen molar-refractivity contribution < 1.29 is 46.1 Å². The molecule has 9 nitrogen and oxygen atoms in total. The molecule has 1 fully saturated rings. The van der Waals surface area contributed by atoms with Crippen LogP contribution in [0, 0.1) is 11.6 Å². The summed E-state index contributed by atoms with van der Waals surface area (Å²) in [6.45, 7) is 0.996. The maximum atomic E-state index is 15.3. The van der Waals surface area contributed by atoms with Gasteiger partial charge in [-0.25, -0.2) is 8.78 Å². The van der Waals surface area contributed by atoms with Gasteiger partial charge in [-0.3, -0.25) is 14.4 Å². The summed E-state index contributed by atoms with van der Waals surface area (Å²) in [5.41, 5.74) is -1.52. The summed E-state index contributed by atoms with van der Waals surface area (Å²) in [6.07, 6.45) is -3.56. The second kappa shape index (κ2) is 11.6. The van der Waals surface area contributed by atoms with Gasteiger partial charge >= 0.3 is 6.36 Å². The lowest BCUT2D eigenvalue weighted by Gasteiger charge is -2.26. The van der Waals surface area contributed by atoms with Gasteiger partial charge in [0, 0.05) is 48.0 Å². The van der Waals surface area contributed by atoms with Gasteiger partial charge in [0.05, 0.1) is 13.7 Å². The van der Waals surface area contributed by atoms with Crippen molar-refractivity contribution in [3.05, 3.63) is 87.8 Å². The van der Waals surface area contributed by atoms with Crippen LogP contribution in [0.3, 0.4) is 0 Å². The number of amides is 2. The third-order valence-electron chi connectivity index (χ3n) is 6.65. The van der Waals surface area contributed by atoms with Gasteiger partial charge in [-0.15, -0.1) is 13.2 Å². The first-order chi connectivity index (χ1) is 19.4. The SMILES string of the molecule is COc1cc(F)c([C@H]2C(NC(=O)c3ccc(OC(F)(F)F)cc3)C(=O)N(c3cccn(CCO)c3=O)[C@H]2C)c(F)c1. The molecule has 2 aromatic carbocycles. The summed E-state index contributed by atoms with van der Waals surface area (Å²) < 4.78 is 77.9. The number of nitrogens with one attached hydrogen (secondary N) is 1. The first-order valence-electron chi connectivity index (χ1n) is 12.2. The molecule has 1 aliphatic heterocycles. The molecule has 4 rings (SSSR count). The van der Waals surface area contributed by atoms with Crippen LogP contribution in [0.25, 0.3) is 0 Å². The molecular weight excluding hydrogens is 557 g/mol. The van der Waals surface area contributed by atoms with Gasteiger partial charge in [-0.1, -0.05) is 0 Å². The third kappa shape index (κ3) is 6.01. The highest BCUT2D eigenvalue weighted by molar-refractivity contribution is 6.05. The smallest absolute Gasteiger partial charge is 0.497 e. The van der Waals surface area contributed by atoms with Crippen molar-refractivity contribution in [1.29, 1.82) is 0 Å². The topological polar surface area (TPSA) is 110 Å². The Morgan fingerprint density at radius 1 is 1.05 bits per heavy atom. The number of rotatable bonds is 8. The average molecular weight is 581 g/mol. The van der Waals surface area contributed by atoms with E-state index in [1.807, 2.05) is 0 Å². The molecule has 1 saturated heterocycles. The number of halogens is 5. The number of methoxy groups -OCH3 is 1. The second-order valence-corrected chi connectivity index (χ2v) is 9.12. The highest BCUT2D eigenvalue weighted by atomic mass is 19.4. The number of aliphatic hydroxyl groups is 1. The van der Waals surface area contributed by atoms with Crippen LogP contribution in [-0.2, 0) is 11.3 Å². The fourth-order valence-electron chi connectivity index (χ4n) is 4.86. The summed E-state index contributed by atoms with van der Waals surface area (Å²) in [6, 6.07) is 5.76. The highest BCUT2D eigenvalue weighted by Gasteiger charge is 2.50. The molecule has 2 amide bonds. The number of hydrogen-bond donors (Lipinski definition) is 2. The molecule has 0 spiro atoms. The normalized spacial score (nSPS) is 18.9. The zero-order chi connectivity index (χ0) is 30.1. The number of benzene rings is 2. The number of nitrogens with zero attached hydrogens (tertiary/aromatic N) is 2. The summed E-state index contributed by atoms with van der Waals surface area (Å²) in [7, 11) is 1.21. The number of anilines is 1. The maximum Gasteiger partial charge on any atom is 0.573 e. The van der Waals surface area contributed by atoms with Gasteiger partial charge < -0.3 is 29.4 Å². The number of aromatic nitrogens is 1. The molecule has 3 aromatic rings. The van der Waals surface area contributed by atoms with Gasteiger partial charge in [0.25, 0.3) is 17.4 Å². The van der Waals surface area contributed by atoms with E-state index < -0.39 is 64.7 Å². The van der Waals surface area contributed by atoms with Crippen molar-refractivity contribution in [2.75, 3.05) is 18.6 Å². The van der Waals surface area contributed by atoms with Crippen LogP contribution in [0.2, 0.25) is 0 Å². The predicted octanol–water partition coefficient (Wildman–Crippen LogP) is 3.34. The summed E-state index contributed by atoms with van der Waals surface area (Å²) in [4.78, 5) is 41.0. The predicted molar refractivity (Wildman–Crippen MR) is 135 cm³/mol. The van der Waals surface area contributed by atoms with Crippen molar-refractivity contribution in [3.63, 3.8) is 0 Å². The van der Waals surface area contributed by atoms with E-state index in [-0.39, 0.29) is 30.2 Å². The minimum absolute atomic E-state index is 0.0809. The van der Waals surface area contributed by atoms with E-state index in [9.17, 15) is 32.7 Å². The van der Waals surface area contributed by atoms with E-state index >= 15 is 8.78 Å². The molecule has 1 unspecified atom stereocenters. The zero-order valence-corrected chi connectivity index (χ0v) is 21.6. The Balaban J connectivity index is 1.76. The van der Waals surface area contributed by atoms with Gasteiger partial charge in [-0.05, 0) is 43.3 Å². The van der Waals surface area contributed by atoms with E-state index in [1.54, 1.807) is 0 Å². The number of ether oxygens (including phenoxy) is 2. The Kier molecular flexibility index (Phi) is 8.33. The number of carbonyl (C=O) groups excluding carboxylic acids is 2. The van der Waals surface area contributed by atoms with Crippen molar-refractivity contribution in [1.82, 2.24) is 9.88 Å². The van der Waals surface area contributed by atoms with Crippen molar-refractivity contribution >= 4 is 17.5 Å². The van der Waals surface area contributed by atoms with Crippen molar-refractivity contribution in [2.45, 2.75) is 37.8 Å². The molecule has 14 heteroatoms. The van der Waals surface area contributed by atoms with Crippen LogP contribution in [0.1, 0.15) is 28.8 Å². The van der Waals surface area contributed by atoms with Gasteiger partial charge in [0.2, 0.25) is 0 Å². The van der Waals surface area contributed by atoms with Crippen LogP contribution in [-0.4, -0.2) is 53.7 Å². The number of aliphatic hydroxyl groups excluding tert-OH is 1. The fourth-order valence-corrected chi connectivity index (χ4v) is 4.86. The molecule has 0 saturated carbocycles. The Labute approximate surface area is 229 Å². The number of alkyl halides is 3. The first kappa shape index (κ1) is 29.5. The number of carbonyl (C=O) groups is 2. The quantitative estimate of drug-likeness (QED) is 0.395. The monoisotopic (exact) mass is 581 g/mol. The molecule has 2 heterocycles. The van der Waals surface area contributed by atoms with E-state index in [0.717, 1.165) is 45.9 Å². The highest BCUT2D eigenvalue weighted by Crippen LogP contribution is 2.40. The minimum atomic E-state index is -4.95. The van der Waals surface area contributed by atoms with Crippen LogP contribution in [0.5, 0.6) is 11.5 Å². The minimum Gasteiger partial charge on any atom is -0.497 e. The standard InChI is InChI=1S/C27H24F5N3O6/c1-14-21(22-18(28)12-17(40-2)13-19(22)29)23(26(39)35(14)20-4-3-9-34(10-11-36)25(20)38)33-24(37)15-5-7-16(8-6-15)41-27(30,31)32/h3-9,12-14,21,23,36H,10-11H2,1-2H3,(H,33,37)/t14-,21-,23?/m0/s1. The molecule has 0 radical (unpaired) electrons. The molecule has 1 aromatic heterocycles. The van der Waals surface area contributed by atoms with Gasteiger partial charge in [-0.2, -0.15) is 0 Å². The molecule has 0 aliphatic carbocycles. The molecule has 3 atom stereocenters. The maximum absolute atomic E-state index is 15.3. The molecular formula is C27H24F5N3O6. The lowest BCUT2D eigenvalue weighted by molar-refractivity contribution is -0.274. The van der Waals surface area contributed by atoms with E-state index in [2.05, 4.69) is 10.1 Å². The lowest BCUT2D eigenvalue weighted by atomic mass is 9.87. The average Bonchev–Trinajstić information content (AvgIpc) is 3.13. The molecule has 0 bridgehead atoms. The van der Waals surface area contributed by atoms with Crippen molar-refractivity contribution in [2.24, 2.45) is 0 Å².